The number of halogens is 4. The molecule has 9 heteroatoms. The number of urea groups is 1. The highest BCUT2D eigenvalue weighted by Gasteiger charge is 2.50. The summed E-state index contributed by atoms with van der Waals surface area (Å²) in [6.45, 7) is 1.44. The fourth-order valence-corrected chi connectivity index (χ4v) is 3.46. The molecule has 0 bridgehead atoms. The summed E-state index contributed by atoms with van der Waals surface area (Å²) in [6.07, 6.45) is -3.89. The molecule has 142 valence electrons. The van der Waals surface area contributed by atoms with Crippen molar-refractivity contribution < 1.29 is 27.2 Å². The van der Waals surface area contributed by atoms with Gasteiger partial charge in [0.05, 0.1) is 12.6 Å². The van der Waals surface area contributed by atoms with E-state index >= 15 is 0 Å². The summed E-state index contributed by atoms with van der Waals surface area (Å²) in [5.74, 6) is -2.50. The number of carbonyl (C=O) groups excluding carboxylic acids is 2. The predicted octanol–water partition coefficient (Wildman–Crippen LogP) is 2.82. The average molecular weight is 373 g/mol. The molecule has 0 aliphatic carbocycles. The Kier molecular flexibility index (Phi) is 4.68. The molecule has 3 rings (SSSR count). The van der Waals surface area contributed by atoms with Crippen LogP contribution in [0.15, 0.2) is 24.3 Å². The number of nitrogens with zero attached hydrogens (tertiary/aromatic N) is 2. The zero-order valence-corrected chi connectivity index (χ0v) is 14.1. The van der Waals surface area contributed by atoms with Crippen molar-refractivity contribution in [2.45, 2.75) is 31.5 Å². The van der Waals surface area contributed by atoms with E-state index in [4.69, 9.17) is 0 Å². The molecule has 2 atom stereocenters. The van der Waals surface area contributed by atoms with Crippen LogP contribution in [0.4, 0.5) is 22.4 Å². The molecule has 1 aromatic carbocycles. The van der Waals surface area contributed by atoms with Gasteiger partial charge in [-0.3, -0.25) is 9.69 Å². The van der Waals surface area contributed by atoms with E-state index in [0.717, 1.165) is 4.90 Å². The quantitative estimate of drug-likeness (QED) is 0.655. The number of hydrogen-bond donors (Lipinski definition) is 1. The predicted molar refractivity (Wildman–Crippen MR) is 84.3 cm³/mol. The van der Waals surface area contributed by atoms with Gasteiger partial charge >= 0.3 is 12.2 Å². The van der Waals surface area contributed by atoms with Gasteiger partial charge in [0.15, 0.2) is 0 Å². The SMILES string of the molecule is CC1(c2ccc(F)cc2)NC(=O)N(CN2CCCC(C(F)(F)F)C2)C1=O. The lowest BCUT2D eigenvalue weighted by Gasteiger charge is -2.35. The van der Waals surface area contributed by atoms with Crippen LogP contribution >= 0.6 is 0 Å². The number of carbonyl (C=O) groups is 2. The minimum atomic E-state index is -4.29. The normalized spacial score (nSPS) is 27.7. The summed E-state index contributed by atoms with van der Waals surface area (Å²) in [4.78, 5) is 27.4. The zero-order chi connectivity index (χ0) is 19.1. The molecule has 26 heavy (non-hydrogen) atoms. The molecule has 3 amide bonds. The molecule has 1 N–H and O–H groups in total. The Balaban J connectivity index is 1.74. The topological polar surface area (TPSA) is 52.7 Å². The summed E-state index contributed by atoms with van der Waals surface area (Å²) in [5.41, 5.74) is -0.962. The van der Waals surface area contributed by atoms with Gasteiger partial charge in [0.2, 0.25) is 0 Å². The largest absolute Gasteiger partial charge is 0.393 e. The van der Waals surface area contributed by atoms with Crippen LogP contribution in [0.3, 0.4) is 0 Å². The van der Waals surface area contributed by atoms with E-state index in [9.17, 15) is 27.2 Å². The number of nitrogens with one attached hydrogen (secondary N) is 1. The van der Waals surface area contributed by atoms with E-state index < -0.39 is 35.4 Å². The standard InChI is InChI=1S/C17H19F4N3O2/c1-16(11-4-6-13(18)7-5-11)14(25)24(15(26)22-16)10-23-8-2-3-12(9-23)17(19,20)21/h4-7,12H,2-3,8-10H2,1H3,(H,22,26). The summed E-state index contributed by atoms with van der Waals surface area (Å²) < 4.78 is 51.9. The second-order valence-electron chi connectivity index (χ2n) is 6.89. The van der Waals surface area contributed by atoms with Crippen molar-refractivity contribution in [1.82, 2.24) is 15.1 Å². The maximum atomic E-state index is 13.1. The average Bonchev–Trinajstić information content (AvgIpc) is 2.79. The van der Waals surface area contributed by atoms with Crippen molar-refractivity contribution >= 4 is 11.9 Å². The first-order valence-corrected chi connectivity index (χ1v) is 8.30. The van der Waals surface area contributed by atoms with Crippen molar-refractivity contribution in [3.8, 4) is 0 Å². The number of likely N-dealkylation sites (tertiary alicyclic amines) is 1. The Morgan fingerprint density at radius 2 is 1.88 bits per heavy atom. The van der Waals surface area contributed by atoms with E-state index in [2.05, 4.69) is 5.32 Å². The smallest absolute Gasteiger partial charge is 0.319 e. The number of hydrogen-bond acceptors (Lipinski definition) is 3. The highest BCUT2D eigenvalue weighted by molar-refractivity contribution is 6.07. The number of rotatable bonds is 3. The maximum absolute atomic E-state index is 13.1. The first kappa shape index (κ1) is 18.6. The van der Waals surface area contributed by atoms with E-state index in [1.807, 2.05) is 0 Å². The molecule has 5 nitrogen and oxygen atoms in total. The van der Waals surface area contributed by atoms with Crippen LogP contribution in [0.2, 0.25) is 0 Å². The van der Waals surface area contributed by atoms with Gasteiger partial charge in [-0.05, 0) is 44.0 Å². The second kappa shape index (κ2) is 6.53. The molecule has 2 aliphatic rings. The van der Waals surface area contributed by atoms with Crippen LogP contribution in [0, 0.1) is 11.7 Å². The molecule has 1 aromatic rings. The maximum Gasteiger partial charge on any atom is 0.393 e. The first-order valence-electron chi connectivity index (χ1n) is 8.30. The van der Waals surface area contributed by atoms with Gasteiger partial charge in [-0.15, -0.1) is 0 Å². The van der Waals surface area contributed by atoms with Crippen LogP contribution in [0.25, 0.3) is 0 Å². The van der Waals surface area contributed by atoms with E-state index in [0.29, 0.717) is 18.5 Å². The molecule has 2 unspecified atom stereocenters. The minimum Gasteiger partial charge on any atom is -0.319 e. The molecule has 0 spiro atoms. The van der Waals surface area contributed by atoms with Crippen molar-refractivity contribution in [3.63, 3.8) is 0 Å². The lowest BCUT2D eigenvalue weighted by atomic mass is 9.92. The summed E-state index contributed by atoms with van der Waals surface area (Å²) in [7, 11) is 0. The fraction of sp³-hybridized carbons (Fsp3) is 0.529. The summed E-state index contributed by atoms with van der Waals surface area (Å²) >= 11 is 0. The summed E-state index contributed by atoms with van der Waals surface area (Å²) in [5, 5.41) is 2.56. The van der Waals surface area contributed by atoms with Gasteiger partial charge < -0.3 is 5.32 Å². The lowest BCUT2D eigenvalue weighted by Crippen LogP contribution is -2.48. The first-order chi connectivity index (χ1) is 12.1. The van der Waals surface area contributed by atoms with E-state index in [-0.39, 0.29) is 19.6 Å². The minimum absolute atomic E-state index is 0.0490. The molecular weight excluding hydrogens is 354 g/mol. The molecule has 2 saturated heterocycles. The van der Waals surface area contributed by atoms with Crippen LogP contribution in [-0.4, -0.2) is 47.7 Å². The molecule has 0 aromatic heterocycles. The Hall–Kier alpha value is -2.16. The van der Waals surface area contributed by atoms with E-state index in [1.54, 1.807) is 0 Å². The highest BCUT2D eigenvalue weighted by atomic mass is 19.4. The third kappa shape index (κ3) is 3.40. The Morgan fingerprint density at radius 1 is 1.23 bits per heavy atom. The van der Waals surface area contributed by atoms with Crippen LogP contribution in [0.5, 0.6) is 0 Å². The third-order valence-electron chi connectivity index (χ3n) is 5.01. The zero-order valence-electron chi connectivity index (χ0n) is 14.1. The Labute approximate surface area is 147 Å². The van der Waals surface area contributed by atoms with Gasteiger partial charge in [-0.25, -0.2) is 14.1 Å². The van der Waals surface area contributed by atoms with Crippen LogP contribution in [0.1, 0.15) is 25.3 Å². The Bertz CT molecular complexity index is 707. The van der Waals surface area contributed by atoms with Crippen LogP contribution in [-0.2, 0) is 10.3 Å². The number of benzene rings is 1. The molecule has 2 heterocycles. The van der Waals surface area contributed by atoms with Crippen LogP contribution < -0.4 is 5.32 Å². The van der Waals surface area contributed by atoms with Gasteiger partial charge in [0.1, 0.15) is 11.4 Å². The van der Waals surface area contributed by atoms with Gasteiger partial charge in [-0.2, -0.15) is 13.2 Å². The van der Waals surface area contributed by atoms with Gasteiger partial charge in [-0.1, -0.05) is 12.1 Å². The molecule has 2 aliphatic heterocycles. The summed E-state index contributed by atoms with van der Waals surface area (Å²) in [6, 6.07) is 4.49. The van der Waals surface area contributed by atoms with Crippen molar-refractivity contribution in [2.75, 3.05) is 19.8 Å². The molecule has 0 saturated carbocycles. The van der Waals surface area contributed by atoms with Gasteiger partial charge in [0.25, 0.3) is 5.91 Å². The van der Waals surface area contributed by atoms with Crippen molar-refractivity contribution in [2.24, 2.45) is 5.92 Å². The second-order valence-corrected chi connectivity index (χ2v) is 6.89. The number of imide groups is 1. The molecular formula is C17H19F4N3O2. The molecule has 0 radical (unpaired) electrons. The lowest BCUT2D eigenvalue weighted by molar-refractivity contribution is -0.187. The Morgan fingerprint density at radius 3 is 2.50 bits per heavy atom. The number of amides is 3. The number of alkyl halides is 3. The molecule has 2 fully saturated rings. The monoisotopic (exact) mass is 373 g/mol. The number of piperidine rings is 1. The van der Waals surface area contributed by atoms with Crippen molar-refractivity contribution in [1.29, 1.82) is 0 Å². The van der Waals surface area contributed by atoms with Gasteiger partial charge in [0, 0.05) is 6.54 Å². The highest BCUT2D eigenvalue weighted by Crippen LogP contribution is 2.34. The van der Waals surface area contributed by atoms with E-state index in [1.165, 1.54) is 36.1 Å². The fourth-order valence-electron chi connectivity index (χ4n) is 3.46. The van der Waals surface area contributed by atoms with Crippen molar-refractivity contribution in [3.05, 3.63) is 35.6 Å². The third-order valence-corrected chi connectivity index (χ3v) is 5.01.